The highest BCUT2D eigenvalue weighted by Gasteiger charge is 2.05. The molecule has 2 N–H and O–H groups in total. The Morgan fingerprint density at radius 3 is 2.37 bits per heavy atom. The molecule has 0 unspecified atom stereocenters. The van der Waals surface area contributed by atoms with Gasteiger partial charge in [0.15, 0.2) is 6.61 Å². The van der Waals surface area contributed by atoms with E-state index in [1.807, 2.05) is 6.07 Å². The van der Waals surface area contributed by atoms with E-state index in [0.29, 0.717) is 16.9 Å². The van der Waals surface area contributed by atoms with Gasteiger partial charge in [0.05, 0.1) is 16.6 Å². The van der Waals surface area contributed by atoms with Crippen molar-refractivity contribution in [1.82, 2.24) is 10.9 Å². The molecule has 136 valence electrons. The van der Waals surface area contributed by atoms with Crippen molar-refractivity contribution in [3.05, 3.63) is 75.8 Å². The van der Waals surface area contributed by atoms with Crippen LogP contribution in [0.4, 0.5) is 5.69 Å². The molecule has 0 fully saturated rings. The maximum Gasteiger partial charge on any atom is 0.276 e. The first-order valence-corrected chi connectivity index (χ1v) is 7.62. The van der Waals surface area contributed by atoms with E-state index in [1.54, 1.807) is 24.3 Å². The third-order valence-electron chi connectivity index (χ3n) is 3.21. The van der Waals surface area contributed by atoms with Gasteiger partial charge in [-0.25, -0.2) is 0 Å². The fraction of sp³-hybridized carbons (Fsp3) is 0.0556. The number of nitrogens with zero attached hydrogens (tertiary/aromatic N) is 2. The van der Waals surface area contributed by atoms with Gasteiger partial charge in [0.2, 0.25) is 0 Å². The van der Waals surface area contributed by atoms with Crippen molar-refractivity contribution in [2.45, 2.75) is 0 Å². The number of nitriles is 1. The fourth-order valence-electron chi connectivity index (χ4n) is 1.86. The lowest BCUT2D eigenvalue weighted by Gasteiger charge is -2.07. The van der Waals surface area contributed by atoms with Gasteiger partial charge in [0.1, 0.15) is 5.75 Å². The number of rotatable bonds is 6. The van der Waals surface area contributed by atoms with Gasteiger partial charge in [-0.3, -0.25) is 30.6 Å². The molecule has 2 amide bonds. The first kappa shape index (κ1) is 19.1. The number of nitrogens with one attached hydrogen (secondary N) is 2. The number of hydrazine groups is 1. The maximum atomic E-state index is 11.6. The second-order valence-electron chi connectivity index (χ2n) is 5.14. The number of carbonyl (C=O) groups is 2. The highest BCUT2D eigenvalue weighted by Crippen LogP contribution is 2.13. The van der Waals surface area contributed by atoms with Gasteiger partial charge in [-0.05, 0) is 48.0 Å². The zero-order chi connectivity index (χ0) is 19.6. The normalized spacial score (nSPS) is 10.0. The lowest BCUT2D eigenvalue weighted by Crippen LogP contribution is -2.43. The first-order chi connectivity index (χ1) is 13.0. The molecule has 0 radical (unpaired) electrons. The molecule has 0 aliphatic heterocycles. The highest BCUT2D eigenvalue weighted by atomic mass is 16.6. The van der Waals surface area contributed by atoms with Crippen LogP contribution in [0, 0.1) is 21.4 Å². The second kappa shape index (κ2) is 9.33. The Bertz CT molecular complexity index is 899. The summed E-state index contributed by atoms with van der Waals surface area (Å²) in [4.78, 5) is 33.3. The minimum Gasteiger partial charge on any atom is -0.484 e. The Hall–Kier alpha value is -4.19. The summed E-state index contributed by atoms with van der Waals surface area (Å²) in [6.07, 6.45) is 2.61. The molecule has 0 saturated carbocycles. The molecule has 9 heteroatoms. The van der Waals surface area contributed by atoms with Crippen LogP contribution < -0.4 is 15.6 Å². The smallest absolute Gasteiger partial charge is 0.276 e. The molecule has 2 rings (SSSR count). The van der Waals surface area contributed by atoms with Crippen molar-refractivity contribution < 1.29 is 19.2 Å². The van der Waals surface area contributed by atoms with Crippen molar-refractivity contribution in [3.8, 4) is 11.8 Å². The quantitative estimate of drug-likeness (QED) is 0.454. The summed E-state index contributed by atoms with van der Waals surface area (Å²) < 4.78 is 5.21. The predicted molar refractivity (Wildman–Crippen MR) is 95.1 cm³/mol. The molecule has 0 heterocycles. The third-order valence-corrected chi connectivity index (χ3v) is 3.21. The molecular formula is C18H14N4O5. The van der Waals surface area contributed by atoms with Gasteiger partial charge < -0.3 is 4.74 Å². The predicted octanol–water partition coefficient (Wildman–Crippen LogP) is 1.71. The van der Waals surface area contributed by atoms with Gasteiger partial charge in [-0.2, -0.15) is 5.26 Å². The molecule has 0 aliphatic rings. The highest BCUT2D eigenvalue weighted by molar-refractivity contribution is 5.93. The molecule has 2 aromatic carbocycles. The molecule has 2 aromatic rings. The standard InChI is InChI=1S/C18H14N4O5/c19-11-14-3-8-16(9-4-14)27-12-18(24)21-20-17(23)10-5-13-1-6-15(7-2-13)22(25)26/h1-10H,12H2,(H,20,23)(H,21,24). The van der Waals surface area contributed by atoms with E-state index >= 15 is 0 Å². The molecule has 0 atom stereocenters. The van der Waals surface area contributed by atoms with E-state index in [2.05, 4.69) is 10.9 Å². The number of non-ortho nitro benzene ring substituents is 1. The second-order valence-corrected chi connectivity index (χ2v) is 5.14. The summed E-state index contributed by atoms with van der Waals surface area (Å²) in [5.41, 5.74) is 5.37. The number of carbonyl (C=O) groups excluding carboxylic acids is 2. The first-order valence-electron chi connectivity index (χ1n) is 7.62. The van der Waals surface area contributed by atoms with Crippen LogP contribution in [0.25, 0.3) is 6.08 Å². The maximum absolute atomic E-state index is 11.6. The van der Waals surface area contributed by atoms with Crippen molar-refractivity contribution in [2.75, 3.05) is 6.61 Å². The van der Waals surface area contributed by atoms with Crippen LogP contribution in [0.1, 0.15) is 11.1 Å². The van der Waals surface area contributed by atoms with E-state index in [9.17, 15) is 19.7 Å². The fourth-order valence-corrected chi connectivity index (χ4v) is 1.86. The minimum atomic E-state index is -0.583. The lowest BCUT2D eigenvalue weighted by molar-refractivity contribution is -0.384. The van der Waals surface area contributed by atoms with Crippen LogP contribution in [0.15, 0.2) is 54.6 Å². The van der Waals surface area contributed by atoms with Gasteiger partial charge in [-0.1, -0.05) is 0 Å². The number of ether oxygens (including phenoxy) is 1. The van der Waals surface area contributed by atoms with Crippen molar-refractivity contribution in [3.63, 3.8) is 0 Å². The van der Waals surface area contributed by atoms with Crippen LogP contribution in [-0.2, 0) is 9.59 Å². The van der Waals surface area contributed by atoms with Crippen LogP contribution in [0.3, 0.4) is 0 Å². The average molecular weight is 366 g/mol. The monoisotopic (exact) mass is 366 g/mol. The van der Waals surface area contributed by atoms with E-state index in [0.717, 1.165) is 0 Å². The minimum absolute atomic E-state index is 0.0499. The molecule has 0 bridgehead atoms. The van der Waals surface area contributed by atoms with Crippen molar-refractivity contribution in [1.29, 1.82) is 5.26 Å². The molecule has 0 aromatic heterocycles. The SMILES string of the molecule is N#Cc1ccc(OCC(=O)NNC(=O)C=Cc2ccc([N+](=O)[O-])cc2)cc1. The van der Waals surface area contributed by atoms with Crippen molar-refractivity contribution in [2.24, 2.45) is 0 Å². The summed E-state index contributed by atoms with van der Waals surface area (Å²) in [7, 11) is 0. The molecular weight excluding hydrogens is 352 g/mol. The zero-order valence-corrected chi connectivity index (χ0v) is 13.9. The summed E-state index contributed by atoms with van der Waals surface area (Å²) >= 11 is 0. The van der Waals surface area contributed by atoms with Crippen LogP contribution >= 0.6 is 0 Å². The van der Waals surface area contributed by atoms with Crippen LogP contribution in [0.2, 0.25) is 0 Å². The Morgan fingerprint density at radius 1 is 1.11 bits per heavy atom. The third kappa shape index (κ3) is 6.32. The molecule has 0 spiro atoms. The summed E-state index contributed by atoms with van der Waals surface area (Å²) in [6, 6.07) is 13.8. The van der Waals surface area contributed by atoms with E-state index in [1.165, 1.54) is 36.4 Å². The number of benzene rings is 2. The van der Waals surface area contributed by atoms with Crippen LogP contribution in [-0.4, -0.2) is 23.3 Å². The Balaban J connectivity index is 1.74. The largest absolute Gasteiger partial charge is 0.484 e. The Kier molecular flexibility index (Phi) is 6.62. The molecule has 9 nitrogen and oxygen atoms in total. The topological polar surface area (TPSA) is 134 Å². The summed E-state index contributed by atoms with van der Waals surface area (Å²) in [6.45, 7) is -0.321. The van der Waals surface area contributed by atoms with Gasteiger partial charge in [0.25, 0.3) is 17.5 Å². The number of hydrogen-bond donors (Lipinski definition) is 2. The van der Waals surface area contributed by atoms with Crippen LogP contribution in [0.5, 0.6) is 5.75 Å². The van der Waals surface area contributed by atoms with E-state index < -0.39 is 16.7 Å². The molecule has 0 aliphatic carbocycles. The molecule has 27 heavy (non-hydrogen) atoms. The Labute approximate surface area is 154 Å². The molecule has 0 saturated heterocycles. The Morgan fingerprint density at radius 2 is 1.78 bits per heavy atom. The number of hydrogen-bond acceptors (Lipinski definition) is 6. The van der Waals surface area contributed by atoms with Gasteiger partial charge in [-0.15, -0.1) is 0 Å². The van der Waals surface area contributed by atoms with Gasteiger partial charge >= 0.3 is 0 Å². The number of amides is 2. The van der Waals surface area contributed by atoms with E-state index in [-0.39, 0.29) is 12.3 Å². The van der Waals surface area contributed by atoms with E-state index in [4.69, 9.17) is 10.00 Å². The number of nitro groups is 1. The van der Waals surface area contributed by atoms with Crippen molar-refractivity contribution >= 4 is 23.6 Å². The summed E-state index contributed by atoms with van der Waals surface area (Å²) in [5.74, 6) is -0.745. The van der Waals surface area contributed by atoms with Gasteiger partial charge in [0, 0.05) is 18.2 Å². The zero-order valence-electron chi connectivity index (χ0n) is 13.9. The average Bonchev–Trinajstić information content (AvgIpc) is 2.69. The lowest BCUT2D eigenvalue weighted by atomic mass is 10.2. The summed E-state index contributed by atoms with van der Waals surface area (Å²) in [5, 5.41) is 19.3. The number of nitro benzene ring substituents is 1.